The van der Waals surface area contributed by atoms with E-state index in [9.17, 15) is 0 Å². The van der Waals surface area contributed by atoms with E-state index in [2.05, 4.69) is 109 Å². The van der Waals surface area contributed by atoms with Gasteiger partial charge in [0.15, 0.2) is 0 Å². The van der Waals surface area contributed by atoms with Gasteiger partial charge < -0.3 is 0 Å². The van der Waals surface area contributed by atoms with Crippen LogP contribution in [0.4, 0.5) is 0 Å². The molecular weight excluding hydrogens is 312 g/mol. The van der Waals surface area contributed by atoms with Crippen LogP contribution in [-0.2, 0) is 0 Å². The minimum atomic E-state index is 1.08. The Bertz CT molecular complexity index is 1010. The Kier molecular flexibility index (Phi) is 4.75. The maximum atomic E-state index is 3.50. The normalized spacial score (nSPS) is 10.9. The molecule has 0 heteroatoms. The van der Waals surface area contributed by atoms with Crippen LogP contribution in [0.1, 0.15) is 11.1 Å². The maximum absolute atomic E-state index is 3.50. The number of hydrogen-bond acceptors (Lipinski definition) is 0. The maximum Gasteiger partial charge on any atom is -0.00206 e. The van der Waals surface area contributed by atoms with Gasteiger partial charge in [0.2, 0.25) is 0 Å². The second-order valence-electron chi connectivity index (χ2n) is 6.17. The molecule has 0 aliphatic carbocycles. The molecule has 0 nitrogen and oxygen atoms in total. The van der Waals surface area contributed by atoms with E-state index in [-0.39, 0.29) is 0 Å². The molecule has 0 spiro atoms. The van der Waals surface area contributed by atoms with Crippen molar-refractivity contribution in [1.82, 2.24) is 0 Å². The SMILES string of the molecule is [c]1c(/C=C/c2ccccc2-c2ccccc2)cccc1-c1ccccc1. The predicted octanol–water partition coefficient (Wildman–Crippen LogP) is 6.99. The van der Waals surface area contributed by atoms with Gasteiger partial charge in [0.25, 0.3) is 0 Å². The zero-order valence-corrected chi connectivity index (χ0v) is 14.5. The van der Waals surface area contributed by atoms with Gasteiger partial charge in [-0.2, -0.15) is 0 Å². The Morgan fingerprint density at radius 2 is 1.15 bits per heavy atom. The van der Waals surface area contributed by atoms with Gasteiger partial charge in [0, 0.05) is 0 Å². The van der Waals surface area contributed by atoms with E-state index < -0.39 is 0 Å². The van der Waals surface area contributed by atoms with E-state index in [1.165, 1.54) is 22.3 Å². The third-order valence-electron chi connectivity index (χ3n) is 4.39. The standard InChI is InChI=1S/C26H19/c1-3-11-22(12-4-1)25-16-9-10-21(20-25)18-19-24-15-7-8-17-26(24)23-13-5-2-6-14-23/h1-19H/b19-18+. The highest BCUT2D eigenvalue weighted by Crippen LogP contribution is 2.26. The predicted molar refractivity (Wildman–Crippen MR) is 112 cm³/mol. The molecule has 0 amide bonds. The summed E-state index contributed by atoms with van der Waals surface area (Å²) < 4.78 is 0. The Balaban J connectivity index is 1.66. The molecule has 0 saturated carbocycles. The summed E-state index contributed by atoms with van der Waals surface area (Å²) in [7, 11) is 0. The summed E-state index contributed by atoms with van der Waals surface area (Å²) in [5.41, 5.74) is 7.06. The summed E-state index contributed by atoms with van der Waals surface area (Å²) >= 11 is 0. The van der Waals surface area contributed by atoms with Crippen LogP contribution in [-0.4, -0.2) is 0 Å². The molecule has 0 unspecified atom stereocenters. The van der Waals surface area contributed by atoms with Gasteiger partial charge in [-0.3, -0.25) is 0 Å². The van der Waals surface area contributed by atoms with Crippen molar-refractivity contribution >= 4 is 12.2 Å². The van der Waals surface area contributed by atoms with E-state index >= 15 is 0 Å². The van der Waals surface area contributed by atoms with Crippen molar-refractivity contribution in [3.63, 3.8) is 0 Å². The van der Waals surface area contributed by atoms with Gasteiger partial charge in [0.1, 0.15) is 0 Å². The van der Waals surface area contributed by atoms with Gasteiger partial charge in [-0.05, 0) is 39.4 Å². The molecule has 26 heavy (non-hydrogen) atoms. The summed E-state index contributed by atoms with van der Waals surface area (Å²) in [5, 5.41) is 0. The van der Waals surface area contributed by atoms with Crippen LogP contribution >= 0.6 is 0 Å². The third-order valence-corrected chi connectivity index (χ3v) is 4.39. The van der Waals surface area contributed by atoms with Crippen LogP contribution in [0.5, 0.6) is 0 Å². The highest BCUT2D eigenvalue weighted by Gasteiger charge is 2.02. The minimum Gasteiger partial charge on any atom is -0.0622 e. The average molecular weight is 331 g/mol. The Hall–Kier alpha value is -3.38. The zero-order valence-electron chi connectivity index (χ0n) is 14.5. The number of rotatable bonds is 4. The smallest absolute Gasteiger partial charge is 0.00206 e. The monoisotopic (exact) mass is 331 g/mol. The van der Waals surface area contributed by atoms with Crippen molar-refractivity contribution in [3.8, 4) is 22.3 Å². The molecule has 0 heterocycles. The quantitative estimate of drug-likeness (QED) is 0.353. The first-order valence-corrected chi connectivity index (χ1v) is 8.80. The molecular formula is C26H19. The summed E-state index contributed by atoms with van der Waals surface area (Å²) in [5.74, 6) is 0. The molecule has 0 N–H and O–H groups in total. The minimum absolute atomic E-state index is 1.08. The fourth-order valence-corrected chi connectivity index (χ4v) is 3.07. The lowest BCUT2D eigenvalue weighted by Crippen LogP contribution is -1.83. The lowest BCUT2D eigenvalue weighted by atomic mass is 9.98. The first-order chi connectivity index (χ1) is 12.9. The number of hydrogen-bond donors (Lipinski definition) is 0. The highest BCUT2D eigenvalue weighted by molar-refractivity contribution is 5.81. The van der Waals surface area contributed by atoms with Crippen LogP contribution in [0.2, 0.25) is 0 Å². The molecule has 0 atom stereocenters. The van der Waals surface area contributed by atoms with Gasteiger partial charge in [-0.25, -0.2) is 0 Å². The van der Waals surface area contributed by atoms with Crippen molar-refractivity contribution in [2.45, 2.75) is 0 Å². The van der Waals surface area contributed by atoms with Crippen molar-refractivity contribution < 1.29 is 0 Å². The van der Waals surface area contributed by atoms with E-state index in [1.807, 2.05) is 12.1 Å². The molecule has 0 bridgehead atoms. The lowest BCUT2D eigenvalue weighted by Gasteiger charge is -2.06. The van der Waals surface area contributed by atoms with E-state index in [0.717, 1.165) is 11.1 Å². The zero-order chi connectivity index (χ0) is 17.6. The van der Waals surface area contributed by atoms with Gasteiger partial charge >= 0.3 is 0 Å². The van der Waals surface area contributed by atoms with Crippen LogP contribution in [0, 0.1) is 6.07 Å². The number of benzene rings is 4. The van der Waals surface area contributed by atoms with Crippen LogP contribution in [0.25, 0.3) is 34.4 Å². The molecule has 4 aromatic rings. The van der Waals surface area contributed by atoms with E-state index in [1.54, 1.807) is 0 Å². The molecule has 1 radical (unpaired) electrons. The first-order valence-electron chi connectivity index (χ1n) is 8.80. The molecule has 0 aliphatic rings. The summed E-state index contributed by atoms with van der Waals surface area (Å²) in [4.78, 5) is 0. The highest BCUT2D eigenvalue weighted by atomic mass is 14.1. The van der Waals surface area contributed by atoms with Crippen LogP contribution in [0.15, 0.2) is 103 Å². The Labute approximate surface area is 155 Å². The molecule has 0 aromatic heterocycles. The second-order valence-corrected chi connectivity index (χ2v) is 6.17. The summed E-state index contributed by atoms with van der Waals surface area (Å²) in [6.07, 6.45) is 4.30. The Morgan fingerprint density at radius 3 is 1.92 bits per heavy atom. The van der Waals surface area contributed by atoms with Crippen molar-refractivity contribution in [3.05, 3.63) is 120 Å². The van der Waals surface area contributed by atoms with Gasteiger partial charge in [0.05, 0.1) is 0 Å². The lowest BCUT2D eigenvalue weighted by molar-refractivity contribution is 1.58. The van der Waals surface area contributed by atoms with Crippen LogP contribution in [0.3, 0.4) is 0 Å². The van der Waals surface area contributed by atoms with Crippen molar-refractivity contribution in [2.75, 3.05) is 0 Å². The average Bonchev–Trinajstić information content (AvgIpc) is 2.74. The summed E-state index contributed by atoms with van der Waals surface area (Å²) in [6.45, 7) is 0. The second kappa shape index (κ2) is 7.67. The fraction of sp³-hybridized carbons (Fsp3) is 0. The molecule has 123 valence electrons. The van der Waals surface area contributed by atoms with E-state index in [4.69, 9.17) is 0 Å². The van der Waals surface area contributed by atoms with Crippen molar-refractivity contribution in [1.29, 1.82) is 0 Å². The van der Waals surface area contributed by atoms with Gasteiger partial charge in [-0.15, -0.1) is 0 Å². The first kappa shape index (κ1) is 16.1. The molecule has 0 aliphatic heterocycles. The molecule has 0 fully saturated rings. The third kappa shape index (κ3) is 3.65. The molecule has 0 saturated heterocycles. The van der Waals surface area contributed by atoms with Crippen molar-refractivity contribution in [2.24, 2.45) is 0 Å². The van der Waals surface area contributed by atoms with Gasteiger partial charge in [-0.1, -0.05) is 115 Å². The fourth-order valence-electron chi connectivity index (χ4n) is 3.07. The molecule has 4 rings (SSSR count). The Morgan fingerprint density at radius 1 is 0.500 bits per heavy atom. The van der Waals surface area contributed by atoms with Crippen LogP contribution < -0.4 is 0 Å². The summed E-state index contributed by atoms with van der Waals surface area (Å²) in [6, 6.07) is 39.1. The molecule has 4 aromatic carbocycles. The van der Waals surface area contributed by atoms with E-state index in [0.29, 0.717) is 0 Å². The largest absolute Gasteiger partial charge is 0.0622 e. The topological polar surface area (TPSA) is 0 Å².